The number of ether oxygens (including phenoxy) is 1. The predicted octanol–water partition coefficient (Wildman–Crippen LogP) is -0.597. The molecule has 0 aromatic rings. The predicted molar refractivity (Wildman–Crippen MR) is 47.9 cm³/mol. The maximum absolute atomic E-state index is 10.7. The van der Waals surface area contributed by atoms with Crippen LogP contribution in [0, 0.1) is 0 Å². The molecule has 0 radical (unpaired) electrons. The number of hydrogen-bond donors (Lipinski definition) is 2. The van der Waals surface area contributed by atoms with Gasteiger partial charge in [0.25, 0.3) is 0 Å². The Bertz CT molecular complexity index is 182. The zero-order valence-electron chi connectivity index (χ0n) is 8.00. The van der Waals surface area contributed by atoms with E-state index in [0.717, 1.165) is 0 Å². The third-order valence-corrected chi connectivity index (χ3v) is 1.56. The summed E-state index contributed by atoms with van der Waals surface area (Å²) in [6.07, 6.45) is 0.584. The third kappa shape index (κ3) is 7.27. The molecular formula is C8H16N2O3. The Kier molecular flexibility index (Phi) is 5.88. The summed E-state index contributed by atoms with van der Waals surface area (Å²) in [4.78, 5) is 21.1. The van der Waals surface area contributed by atoms with Crippen molar-refractivity contribution in [1.82, 2.24) is 5.32 Å². The number of carbonyl (C=O) groups is 2. The average molecular weight is 188 g/mol. The number of nitrogens with one attached hydrogen (secondary N) is 1. The largest absolute Gasteiger partial charge is 0.469 e. The van der Waals surface area contributed by atoms with Crippen molar-refractivity contribution in [1.29, 1.82) is 0 Å². The first-order valence-electron chi connectivity index (χ1n) is 4.14. The van der Waals surface area contributed by atoms with Crippen molar-refractivity contribution in [2.45, 2.75) is 25.8 Å². The van der Waals surface area contributed by atoms with Crippen molar-refractivity contribution in [2.24, 2.45) is 5.73 Å². The van der Waals surface area contributed by atoms with E-state index in [4.69, 9.17) is 5.73 Å². The van der Waals surface area contributed by atoms with E-state index in [1.165, 1.54) is 7.11 Å². The Balaban J connectivity index is 3.42. The lowest BCUT2D eigenvalue weighted by molar-refractivity contribution is -0.140. The number of rotatable bonds is 6. The molecule has 0 bridgehead atoms. The zero-order valence-corrected chi connectivity index (χ0v) is 8.00. The Hall–Kier alpha value is -1.10. The number of hydrogen-bond acceptors (Lipinski definition) is 4. The molecule has 0 aliphatic heterocycles. The fourth-order valence-corrected chi connectivity index (χ4v) is 0.897. The van der Waals surface area contributed by atoms with Crippen LogP contribution in [0.1, 0.15) is 19.8 Å². The van der Waals surface area contributed by atoms with E-state index < -0.39 is 0 Å². The first-order valence-corrected chi connectivity index (χ1v) is 4.14. The number of methoxy groups -OCH3 is 1. The van der Waals surface area contributed by atoms with Gasteiger partial charge in [0.15, 0.2) is 0 Å². The normalized spacial score (nSPS) is 12.2. The molecule has 0 aromatic heterocycles. The van der Waals surface area contributed by atoms with Crippen molar-refractivity contribution in [3.8, 4) is 0 Å². The van der Waals surface area contributed by atoms with E-state index in [1.54, 1.807) is 0 Å². The summed E-state index contributed by atoms with van der Waals surface area (Å²) in [6.45, 7) is 2.34. The lowest BCUT2D eigenvalue weighted by Gasteiger charge is -2.10. The minimum Gasteiger partial charge on any atom is -0.469 e. The molecule has 3 N–H and O–H groups in total. The standard InChI is InChI=1S/C8H16N2O3/c1-6(5-7(9)11)10-4-3-8(12)13-2/h6,10H,3-5H2,1-2H3,(H2,9,11). The van der Waals surface area contributed by atoms with Crippen LogP contribution in [0.4, 0.5) is 0 Å². The molecule has 5 heteroatoms. The molecular weight excluding hydrogens is 172 g/mol. The highest BCUT2D eigenvalue weighted by Gasteiger charge is 2.06. The Morgan fingerprint density at radius 3 is 2.62 bits per heavy atom. The summed E-state index contributed by atoms with van der Waals surface area (Å²) in [5, 5.41) is 2.98. The van der Waals surface area contributed by atoms with Crippen molar-refractivity contribution >= 4 is 11.9 Å². The first-order chi connectivity index (χ1) is 6.06. The maximum Gasteiger partial charge on any atom is 0.306 e. The minimum atomic E-state index is -0.349. The lowest BCUT2D eigenvalue weighted by Crippen LogP contribution is -2.32. The van der Waals surface area contributed by atoms with Crippen molar-refractivity contribution in [3.05, 3.63) is 0 Å². The molecule has 0 spiro atoms. The van der Waals surface area contributed by atoms with Gasteiger partial charge in [-0.25, -0.2) is 0 Å². The van der Waals surface area contributed by atoms with E-state index in [1.807, 2.05) is 6.92 Å². The minimum absolute atomic E-state index is 0.00200. The molecule has 0 fully saturated rings. The molecule has 1 atom stereocenters. The molecule has 1 amide bonds. The highest BCUT2D eigenvalue weighted by atomic mass is 16.5. The van der Waals surface area contributed by atoms with Gasteiger partial charge in [-0.2, -0.15) is 0 Å². The van der Waals surface area contributed by atoms with E-state index in [9.17, 15) is 9.59 Å². The number of primary amides is 1. The molecule has 0 aromatic carbocycles. The van der Waals surface area contributed by atoms with Crippen LogP contribution in [0.25, 0.3) is 0 Å². The van der Waals surface area contributed by atoms with Gasteiger partial charge < -0.3 is 15.8 Å². The van der Waals surface area contributed by atoms with Gasteiger partial charge in [-0.3, -0.25) is 9.59 Å². The van der Waals surface area contributed by atoms with Crippen LogP contribution in [0.5, 0.6) is 0 Å². The van der Waals surface area contributed by atoms with Gasteiger partial charge in [-0.1, -0.05) is 0 Å². The number of amides is 1. The fraction of sp³-hybridized carbons (Fsp3) is 0.750. The quantitative estimate of drug-likeness (QED) is 0.545. The molecule has 0 rings (SSSR count). The summed E-state index contributed by atoms with van der Waals surface area (Å²) in [6, 6.07) is 0.00200. The summed E-state index contributed by atoms with van der Waals surface area (Å²) in [7, 11) is 1.34. The van der Waals surface area contributed by atoms with Crippen LogP contribution in [-0.2, 0) is 14.3 Å². The number of esters is 1. The van der Waals surface area contributed by atoms with Crippen LogP contribution in [0.15, 0.2) is 0 Å². The van der Waals surface area contributed by atoms with Gasteiger partial charge >= 0.3 is 5.97 Å². The molecule has 0 heterocycles. The van der Waals surface area contributed by atoms with Gasteiger partial charge in [0.2, 0.25) is 5.91 Å². The van der Waals surface area contributed by atoms with E-state index in [2.05, 4.69) is 10.1 Å². The van der Waals surface area contributed by atoms with E-state index >= 15 is 0 Å². The zero-order chi connectivity index (χ0) is 10.3. The summed E-state index contributed by atoms with van der Waals surface area (Å²) >= 11 is 0. The monoisotopic (exact) mass is 188 g/mol. The third-order valence-electron chi connectivity index (χ3n) is 1.56. The van der Waals surface area contributed by atoms with Gasteiger partial charge in [0.1, 0.15) is 0 Å². The molecule has 0 saturated heterocycles. The molecule has 13 heavy (non-hydrogen) atoms. The van der Waals surface area contributed by atoms with Crippen LogP contribution in [0.2, 0.25) is 0 Å². The topological polar surface area (TPSA) is 81.4 Å². The van der Waals surface area contributed by atoms with Gasteiger partial charge in [-0.15, -0.1) is 0 Å². The van der Waals surface area contributed by atoms with E-state index in [-0.39, 0.29) is 24.3 Å². The first kappa shape index (κ1) is 11.9. The molecule has 76 valence electrons. The van der Waals surface area contributed by atoms with Crippen LogP contribution in [0.3, 0.4) is 0 Å². The number of carbonyl (C=O) groups excluding carboxylic acids is 2. The Morgan fingerprint density at radius 2 is 2.15 bits per heavy atom. The second-order valence-electron chi connectivity index (χ2n) is 2.85. The van der Waals surface area contributed by atoms with Crippen molar-refractivity contribution in [3.63, 3.8) is 0 Å². The summed E-state index contributed by atoms with van der Waals surface area (Å²) in [5.74, 6) is -0.614. The Labute approximate surface area is 77.6 Å². The highest BCUT2D eigenvalue weighted by Crippen LogP contribution is 1.89. The van der Waals surface area contributed by atoms with Crippen LogP contribution in [-0.4, -0.2) is 31.6 Å². The fourth-order valence-electron chi connectivity index (χ4n) is 0.897. The summed E-state index contributed by atoms with van der Waals surface area (Å²) < 4.78 is 4.44. The maximum atomic E-state index is 10.7. The Morgan fingerprint density at radius 1 is 1.54 bits per heavy atom. The average Bonchev–Trinajstić information content (AvgIpc) is 2.02. The van der Waals surface area contributed by atoms with E-state index in [0.29, 0.717) is 13.0 Å². The smallest absolute Gasteiger partial charge is 0.306 e. The van der Waals surface area contributed by atoms with Crippen molar-refractivity contribution < 1.29 is 14.3 Å². The van der Waals surface area contributed by atoms with Crippen LogP contribution < -0.4 is 11.1 Å². The van der Waals surface area contributed by atoms with Gasteiger partial charge in [0, 0.05) is 19.0 Å². The highest BCUT2D eigenvalue weighted by molar-refractivity contribution is 5.74. The summed E-state index contributed by atoms with van der Waals surface area (Å²) in [5.41, 5.74) is 4.98. The molecule has 0 aliphatic carbocycles. The van der Waals surface area contributed by atoms with Gasteiger partial charge in [-0.05, 0) is 6.92 Å². The second-order valence-corrected chi connectivity index (χ2v) is 2.85. The number of nitrogens with two attached hydrogens (primary N) is 1. The van der Waals surface area contributed by atoms with Gasteiger partial charge in [0.05, 0.1) is 13.5 Å². The lowest BCUT2D eigenvalue weighted by atomic mass is 10.2. The van der Waals surface area contributed by atoms with Crippen molar-refractivity contribution in [2.75, 3.05) is 13.7 Å². The SMILES string of the molecule is COC(=O)CCNC(C)CC(N)=O. The second kappa shape index (κ2) is 6.42. The molecule has 5 nitrogen and oxygen atoms in total. The molecule has 0 aliphatic rings. The van der Waals surface area contributed by atoms with Crippen LogP contribution >= 0.6 is 0 Å². The molecule has 1 unspecified atom stereocenters. The molecule has 0 saturated carbocycles.